The van der Waals surface area contributed by atoms with Crippen molar-refractivity contribution >= 4 is 22.5 Å². The van der Waals surface area contributed by atoms with E-state index in [0.29, 0.717) is 12.6 Å². The van der Waals surface area contributed by atoms with E-state index in [0.717, 1.165) is 27.2 Å². The lowest BCUT2D eigenvalue weighted by Crippen LogP contribution is -1.98. The maximum atomic E-state index is 6.42. The fourth-order valence-electron chi connectivity index (χ4n) is 2.75. The summed E-state index contributed by atoms with van der Waals surface area (Å²) in [5, 5.41) is 1.87. The molecule has 2 aromatic carbocycles. The predicted octanol–water partition coefficient (Wildman–Crippen LogP) is 5.76. The summed E-state index contributed by atoms with van der Waals surface area (Å²) in [7, 11) is 0. The monoisotopic (exact) mass is 313 g/mol. The Bertz CT molecular complexity index is 804. The molecule has 2 nitrogen and oxygen atoms in total. The molecular weight excluding hydrogens is 294 g/mol. The van der Waals surface area contributed by atoms with Crippen LogP contribution in [0.2, 0.25) is 5.02 Å². The number of fused-ring (bicyclic) bond motifs is 1. The minimum Gasteiger partial charge on any atom is -0.489 e. The third-order valence-corrected chi connectivity index (χ3v) is 4.14. The minimum atomic E-state index is 0.383. The second kappa shape index (κ2) is 6.05. The van der Waals surface area contributed by atoms with Gasteiger partial charge in [0, 0.05) is 23.2 Å². The highest BCUT2D eigenvalue weighted by molar-refractivity contribution is 6.35. The second-order valence-electron chi connectivity index (χ2n) is 5.89. The molecule has 3 heteroatoms. The van der Waals surface area contributed by atoms with Crippen molar-refractivity contribution in [3.63, 3.8) is 0 Å². The lowest BCUT2D eigenvalue weighted by molar-refractivity contribution is 0.307. The van der Waals surface area contributed by atoms with Crippen molar-refractivity contribution < 1.29 is 4.74 Å². The van der Waals surface area contributed by atoms with Crippen molar-refractivity contribution in [3.8, 4) is 5.75 Å². The van der Waals surface area contributed by atoms with E-state index >= 15 is 0 Å². The molecule has 1 aromatic heterocycles. The van der Waals surface area contributed by atoms with Gasteiger partial charge in [0.25, 0.3) is 0 Å². The van der Waals surface area contributed by atoms with E-state index in [2.05, 4.69) is 43.7 Å². The van der Waals surface area contributed by atoms with E-state index in [1.54, 1.807) is 0 Å². The summed E-state index contributed by atoms with van der Waals surface area (Å²) < 4.78 is 8.20. The first-order valence-corrected chi connectivity index (χ1v) is 7.91. The van der Waals surface area contributed by atoms with Crippen LogP contribution in [0, 0.1) is 6.92 Å². The molecule has 22 heavy (non-hydrogen) atoms. The van der Waals surface area contributed by atoms with Gasteiger partial charge in [0.05, 0.1) is 10.5 Å². The average Bonchev–Trinajstić information content (AvgIpc) is 2.86. The Kier molecular flexibility index (Phi) is 4.12. The molecule has 0 fully saturated rings. The van der Waals surface area contributed by atoms with Gasteiger partial charge in [-0.2, -0.15) is 0 Å². The van der Waals surface area contributed by atoms with Crippen molar-refractivity contribution in [1.82, 2.24) is 4.57 Å². The quantitative estimate of drug-likeness (QED) is 0.597. The summed E-state index contributed by atoms with van der Waals surface area (Å²) >= 11 is 6.42. The second-order valence-corrected chi connectivity index (χ2v) is 6.30. The van der Waals surface area contributed by atoms with Crippen LogP contribution >= 0.6 is 11.6 Å². The molecule has 0 radical (unpaired) electrons. The number of aromatic nitrogens is 1. The zero-order valence-electron chi connectivity index (χ0n) is 13.1. The number of rotatable bonds is 4. The van der Waals surface area contributed by atoms with Crippen LogP contribution in [-0.4, -0.2) is 4.57 Å². The van der Waals surface area contributed by atoms with Crippen LogP contribution in [0.3, 0.4) is 0 Å². The van der Waals surface area contributed by atoms with E-state index in [9.17, 15) is 0 Å². The number of hydrogen-bond donors (Lipinski definition) is 0. The number of aryl methyl sites for hydroxylation is 1. The summed E-state index contributed by atoms with van der Waals surface area (Å²) in [5.74, 6) is 0.887. The molecule has 1 heterocycles. The molecule has 0 bridgehead atoms. The fraction of sp³-hybridized carbons (Fsp3) is 0.263. The highest BCUT2D eigenvalue weighted by atomic mass is 35.5. The standard InChI is InChI=1S/C19H20ClNO/c1-13(2)21-11-15(19-17(20)8-5-9-18(19)21)12-22-16-7-4-6-14(3)10-16/h4-11,13H,12H2,1-3H3. The number of hydrogen-bond acceptors (Lipinski definition) is 1. The highest BCUT2D eigenvalue weighted by Crippen LogP contribution is 2.31. The van der Waals surface area contributed by atoms with Crippen LogP contribution < -0.4 is 4.74 Å². The Morgan fingerprint density at radius 1 is 1.14 bits per heavy atom. The lowest BCUT2D eigenvalue weighted by atomic mass is 10.2. The molecule has 0 spiro atoms. The smallest absolute Gasteiger partial charge is 0.120 e. The zero-order chi connectivity index (χ0) is 15.7. The number of halogens is 1. The largest absolute Gasteiger partial charge is 0.489 e. The molecule has 0 aliphatic rings. The Hall–Kier alpha value is -1.93. The van der Waals surface area contributed by atoms with Crippen molar-refractivity contribution in [2.75, 3.05) is 0 Å². The normalized spacial score (nSPS) is 11.3. The van der Waals surface area contributed by atoms with Crippen LogP contribution in [0.25, 0.3) is 10.9 Å². The first-order valence-electron chi connectivity index (χ1n) is 7.53. The van der Waals surface area contributed by atoms with Gasteiger partial charge in [-0.05, 0) is 50.6 Å². The Labute approximate surface area is 136 Å². The first kappa shape index (κ1) is 15.0. The molecule has 114 valence electrons. The molecule has 0 unspecified atom stereocenters. The fourth-order valence-corrected chi connectivity index (χ4v) is 3.04. The van der Waals surface area contributed by atoms with Crippen LogP contribution in [0.1, 0.15) is 31.0 Å². The molecule has 0 saturated carbocycles. The first-order chi connectivity index (χ1) is 10.6. The van der Waals surface area contributed by atoms with E-state index in [1.807, 2.05) is 30.3 Å². The molecule has 0 saturated heterocycles. The highest BCUT2D eigenvalue weighted by Gasteiger charge is 2.13. The molecular formula is C19H20ClNO. The van der Waals surface area contributed by atoms with Gasteiger partial charge in [0.1, 0.15) is 12.4 Å². The Morgan fingerprint density at radius 2 is 1.91 bits per heavy atom. The van der Waals surface area contributed by atoms with Gasteiger partial charge in [-0.3, -0.25) is 0 Å². The van der Waals surface area contributed by atoms with Gasteiger partial charge < -0.3 is 9.30 Å². The number of nitrogens with zero attached hydrogens (tertiary/aromatic N) is 1. The van der Waals surface area contributed by atoms with E-state index in [4.69, 9.17) is 16.3 Å². The van der Waals surface area contributed by atoms with Gasteiger partial charge in [-0.15, -0.1) is 0 Å². The number of benzene rings is 2. The summed E-state index contributed by atoms with van der Waals surface area (Å²) in [6, 6.07) is 14.5. The minimum absolute atomic E-state index is 0.383. The van der Waals surface area contributed by atoms with Crippen molar-refractivity contribution in [1.29, 1.82) is 0 Å². The van der Waals surface area contributed by atoms with Gasteiger partial charge in [-0.1, -0.05) is 29.8 Å². The SMILES string of the molecule is Cc1cccc(OCc2cn(C(C)C)c3cccc(Cl)c23)c1. The average molecular weight is 314 g/mol. The molecule has 0 aliphatic heterocycles. The van der Waals surface area contributed by atoms with Crippen LogP contribution in [-0.2, 0) is 6.61 Å². The topological polar surface area (TPSA) is 14.2 Å². The Balaban J connectivity index is 1.96. The third-order valence-electron chi connectivity index (χ3n) is 3.83. The zero-order valence-corrected chi connectivity index (χ0v) is 13.9. The van der Waals surface area contributed by atoms with Crippen LogP contribution in [0.4, 0.5) is 0 Å². The lowest BCUT2D eigenvalue weighted by Gasteiger charge is -2.08. The molecule has 3 rings (SSSR count). The molecule has 0 atom stereocenters. The van der Waals surface area contributed by atoms with Gasteiger partial charge in [-0.25, -0.2) is 0 Å². The van der Waals surface area contributed by atoms with E-state index in [-0.39, 0.29) is 0 Å². The number of ether oxygens (including phenoxy) is 1. The molecule has 0 N–H and O–H groups in total. The predicted molar refractivity (Wildman–Crippen MR) is 92.8 cm³/mol. The molecule has 3 aromatic rings. The maximum Gasteiger partial charge on any atom is 0.120 e. The summed E-state index contributed by atoms with van der Waals surface area (Å²) in [4.78, 5) is 0. The molecule has 0 amide bonds. The van der Waals surface area contributed by atoms with Crippen molar-refractivity contribution in [2.24, 2.45) is 0 Å². The summed E-state index contributed by atoms with van der Waals surface area (Å²) in [6.07, 6.45) is 2.15. The third kappa shape index (κ3) is 2.84. The summed E-state index contributed by atoms with van der Waals surface area (Å²) in [5.41, 5.74) is 3.47. The van der Waals surface area contributed by atoms with Gasteiger partial charge in [0.2, 0.25) is 0 Å². The van der Waals surface area contributed by atoms with E-state index in [1.165, 1.54) is 5.56 Å². The Morgan fingerprint density at radius 3 is 2.64 bits per heavy atom. The maximum absolute atomic E-state index is 6.42. The molecule has 0 aliphatic carbocycles. The van der Waals surface area contributed by atoms with Gasteiger partial charge >= 0.3 is 0 Å². The summed E-state index contributed by atoms with van der Waals surface area (Å²) in [6.45, 7) is 6.93. The van der Waals surface area contributed by atoms with Crippen molar-refractivity contribution in [3.05, 3.63) is 64.8 Å². The van der Waals surface area contributed by atoms with Crippen LogP contribution in [0.5, 0.6) is 5.75 Å². The van der Waals surface area contributed by atoms with Gasteiger partial charge in [0.15, 0.2) is 0 Å². The van der Waals surface area contributed by atoms with E-state index < -0.39 is 0 Å². The van der Waals surface area contributed by atoms with Crippen LogP contribution in [0.15, 0.2) is 48.7 Å². The van der Waals surface area contributed by atoms with Crippen molar-refractivity contribution in [2.45, 2.75) is 33.4 Å².